The number of aromatic nitrogens is 1. The van der Waals surface area contributed by atoms with Gasteiger partial charge in [-0.3, -0.25) is 4.98 Å². The van der Waals surface area contributed by atoms with E-state index in [9.17, 15) is 4.39 Å². The maximum atomic E-state index is 13.8. The molecule has 1 unspecified atom stereocenters. The van der Waals surface area contributed by atoms with Gasteiger partial charge < -0.3 is 4.74 Å². The molecule has 0 amide bonds. The molecule has 0 saturated heterocycles. The molecular weight excluding hydrogens is 373 g/mol. The first-order chi connectivity index (χ1) is 14.7. The Bertz CT molecular complexity index is 668. The van der Waals surface area contributed by atoms with Crippen LogP contribution >= 0.6 is 0 Å². The second-order valence-electron chi connectivity index (χ2n) is 8.32. The Balaban J connectivity index is 1.70. The Morgan fingerprint density at radius 2 is 1.50 bits per heavy atom. The van der Waals surface area contributed by atoms with Crippen LogP contribution in [0, 0.1) is 0 Å². The molecule has 0 radical (unpaired) electrons. The van der Waals surface area contributed by atoms with Crippen LogP contribution in [-0.4, -0.2) is 17.8 Å². The largest absolute Gasteiger partial charge is 0.494 e. The van der Waals surface area contributed by atoms with E-state index < -0.39 is 6.17 Å². The molecule has 0 spiro atoms. The van der Waals surface area contributed by atoms with Crippen molar-refractivity contribution in [3.8, 4) is 17.0 Å². The summed E-state index contributed by atoms with van der Waals surface area (Å²) >= 11 is 0. The van der Waals surface area contributed by atoms with Gasteiger partial charge in [0.2, 0.25) is 0 Å². The fraction of sp³-hybridized carbons (Fsp3) is 0.593. The molecule has 0 N–H and O–H groups in total. The number of aryl methyl sites for hydroxylation is 1. The van der Waals surface area contributed by atoms with E-state index in [0.717, 1.165) is 54.9 Å². The Morgan fingerprint density at radius 3 is 2.17 bits per heavy atom. The second kappa shape index (κ2) is 15.0. The van der Waals surface area contributed by atoms with Crippen molar-refractivity contribution in [1.29, 1.82) is 0 Å². The van der Waals surface area contributed by atoms with Crippen molar-refractivity contribution in [2.24, 2.45) is 0 Å². The van der Waals surface area contributed by atoms with E-state index in [-0.39, 0.29) is 0 Å². The van der Waals surface area contributed by atoms with Gasteiger partial charge in [-0.2, -0.15) is 0 Å². The van der Waals surface area contributed by atoms with Gasteiger partial charge in [0.1, 0.15) is 11.9 Å². The van der Waals surface area contributed by atoms with Gasteiger partial charge in [0.15, 0.2) is 0 Å². The van der Waals surface area contributed by atoms with Crippen LogP contribution in [0.2, 0.25) is 0 Å². The molecule has 1 aromatic heterocycles. The van der Waals surface area contributed by atoms with E-state index in [4.69, 9.17) is 4.74 Å². The number of nitrogens with zero attached hydrogens (tertiary/aromatic N) is 1. The minimum Gasteiger partial charge on any atom is -0.494 e. The van der Waals surface area contributed by atoms with Crippen LogP contribution in [-0.2, 0) is 6.42 Å². The van der Waals surface area contributed by atoms with Crippen molar-refractivity contribution in [3.05, 3.63) is 48.2 Å². The lowest BCUT2D eigenvalue weighted by molar-refractivity contribution is 0.290. The highest BCUT2D eigenvalue weighted by atomic mass is 19.1. The van der Waals surface area contributed by atoms with Crippen LogP contribution in [0.1, 0.15) is 90.0 Å². The summed E-state index contributed by atoms with van der Waals surface area (Å²) < 4.78 is 19.7. The molecule has 0 saturated carbocycles. The van der Waals surface area contributed by atoms with Crippen molar-refractivity contribution in [3.63, 3.8) is 0 Å². The molecule has 166 valence electrons. The highest BCUT2D eigenvalue weighted by Gasteiger charge is 2.07. The number of ether oxygens (including phenoxy) is 1. The van der Waals surface area contributed by atoms with E-state index >= 15 is 0 Å². The average Bonchev–Trinajstić information content (AvgIpc) is 2.79. The number of benzene rings is 1. The summed E-state index contributed by atoms with van der Waals surface area (Å²) in [4.78, 5) is 4.57. The first-order valence-electron chi connectivity index (χ1n) is 12.0. The SMILES string of the molecule is CCCCCCCCCOc1ccc(-c2ccc(CCC(F)CCCC)cn2)cc1. The van der Waals surface area contributed by atoms with Gasteiger partial charge in [-0.1, -0.05) is 71.3 Å². The first-order valence-corrected chi connectivity index (χ1v) is 12.0. The number of halogens is 1. The van der Waals surface area contributed by atoms with Gasteiger partial charge in [-0.15, -0.1) is 0 Å². The quantitative estimate of drug-likeness (QED) is 0.258. The molecule has 1 heterocycles. The molecule has 2 aromatic rings. The first kappa shape index (κ1) is 24.4. The number of alkyl halides is 1. The average molecular weight is 414 g/mol. The number of pyridine rings is 1. The molecule has 30 heavy (non-hydrogen) atoms. The monoisotopic (exact) mass is 413 g/mol. The van der Waals surface area contributed by atoms with Gasteiger partial charge in [0.25, 0.3) is 0 Å². The lowest BCUT2D eigenvalue weighted by atomic mass is 10.0. The smallest absolute Gasteiger partial charge is 0.119 e. The predicted octanol–water partition coefficient (Wildman–Crippen LogP) is 8.34. The summed E-state index contributed by atoms with van der Waals surface area (Å²) in [5, 5.41) is 0. The van der Waals surface area contributed by atoms with Gasteiger partial charge in [-0.25, -0.2) is 4.39 Å². The minimum atomic E-state index is -0.696. The van der Waals surface area contributed by atoms with Crippen LogP contribution in [0.3, 0.4) is 0 Å². The lowest BCUT2D eigenvalue weighted by Gasteiger charge is -2.09. The summed E-state index contributed by atoms with van der Waals surface area (Å²) in [7, 11) is 0. The topological polar surface area (TPSA) is 22.1 Å². The lowest BCUT2D eigenvalue weighted by Crippen LogP contribution is -2.02. The van der Waals surface area contributed by atoms with Crippen LogP contribution in [0.25, 0.3) is 11.3 Å². The summed E-state index contributed by atoms with van der Waals surface area (Å²) in [5.74, 6) is 0.919. The Labute approximate surface area is 183 Å². The van der Waals surface area contributed by atoms with Gasteiger partial charge >= 0.3 is 0 Å². The number of hydrogen-bond acceptors (Lipinski definition) is 2. The molecule has 0 aliphatic carbocycles. The van der Waals surface area contributed by atoms with Crippen LogP contribution in [0.5, 0.6) is 5.75 Å². The third kappa shape index (κ3) is 9.73. The third-order valence-corrected chi connectivity index (χ3v) is 5.61. The zero-order valence-electron chi connectivity index (χ0n) is 19.0. The zero-order chi connectivity index (χ0) is 21.4. The minimum absolute atomic E-state index is 0.589. The summed E-state index contributed by atoms with van der Waals surface area (Å²) in [6.07, 6.45) is 14.3. The summed E-state index contributed by atoms with van der Waals surface area (Å²) in [6.45, 7) is 5.14. The maximum Gasteiger partial charge on any atom is 0.119 e. The van der Waals surface area contributed by atoms with E-state index in [1.807, 2.05) is 24.4 Å². The van der Waals surface area contributed by atoms with Crippen LogP contribution < -0.4 is 4.74 Å². The fourth-order valence-electron chi connectivity index (χ4n) is 3.61. The third-order valence-electron chi connectivity index (χ3n) is 5.61. The summed E-state index contributed by atoms with van der Waals surface area (Å²) in [6, 6.07) is 12.3. The Kier molecular flexibility index (Phi) is 12.2. The molecule has 0 fully saturated rings. The highest BCUT2D eigenvalue weighted by molar-refractivity contribution is 5.60. The number of rotatable bonds is 16. The number of hydrogen-bond donors (Lipinski definition) is 0. The second-order valence-corrected chi connectivity index (χ2v) is 8.32. The normalized spacial score (nSPS) is 12.1. The molecular formula is C27H40FNO. The molecule has 0 aliphatic rings. The van der Waals surface area contributed by atoms with Crippen molar-refractivity contribution in [2.75, 3.05) is 6.61 Å². The van der Waals surface area contributed by atoms with Gasteiger partial charge in [0, 0.05) is 11.8 Å². The van der Waals surface area contributed by atoms with Crippen molar-refractivity contribution in [2.45, 2.75) is 97.1 Å². The number of unbranched alkanes of at least 4 members (excludes halogenated alkanes) is 7. The molecule has 0 bridgehead atoms. The van der Waals surface area contributed by atoms with E-state index in [2.05, 4.69) is 37.0 Å². The Morgan fingerprint density at radius 1 is 0.800 bits per heavy atom. The van der Waals surface area contributed by atoms with Crippen molar-refractivity contribution < 1.29 is 9.13 Å². The van der Waals surface area contributed by atoms with Gasteiger partial charge in [-0.05, 0) is 61.6 Å². The Hall–Kier alpha value is -1.90. The van der Waals surface area contributed by atoms with Crippen molar-refractivity contribution >= 4 is 0 Å². The molecule has 1 atom stereocenters. The predicted molar refractivity (Wildman–Crippen MR) is 126 cm³/mol. The van der Waals surface area contributed by atoms with Crippen molar-refractivity contribution in [1.82, 2.24) is 4.98 Å². The van der Waals surface area contributed by atoms with E-state index in [1.165, 1.54) is 38.5 Å². The standard InChI is InChI=1S/C27H40FNO/c1-3-5-7-8-9-10-11-21-30-26-18-15-24(16-19-26)27-20-14-23(22-29-27)13-17-25(28)12-6-4-2/h14-16,18-20,22,25H,3-13,17,21H2,1-2H3. The molecule has 3 heteroatoms. The maximum absolute atomic E-state index is 13.8. The van der Waals surface area contributed by atoms with Crippen LogP contribution in [0.15, 0.2) is 42.6 Å². The van der Waals surface area contributed by atoms with E-state index in [1.54, 1.807) is 0 Å². The molecule has 2 nitrogen and oxygen atoms in total. The zero-order valence-corrected chi connectivity index (χ0v) is 19.0. The molecule has 2 rings (SSSR count). The highest BCUT2D eigenvalue weighted by Crippen LogP contribution is 2.22. The molecule has 0 aliphatic heterocycles. The van der Waals surface area contributed by atoms with E-state index in [0.29, 0.717) is 12.8 Å². The van der Waals surface area contributed by atoms with Crippen LogP contribution in [0.4, 0.5) is 4.39 Å². The molecule has 1 aromatic carbocycles. The fourth-order valence-corrected chi connectivity index (χ4v) is 3.61. The summed E-state index contributed by atoms with van der Waals surface area (Å²) in [5.41, 5.74) is 3.13. The van der Waals surface area contributed by atoms with Gasteiger partial charge in [0.05, 0.1) is 12.3 Å².